The zero-order valence-electron chi connectivity index (χ0n) is 19.6. The van der Waals surface area contributed by atoms with Crippen LogP contribution in [0.4, 0.5) is 0 Å². The van der Waals surface area contributed by atoms with Gasteiger partial charge in [0.1, 0.15) is 25.0 Å². The summed E-state index contributed by atoms with van der Waals surface area (Å²) in [4.78, 5) is 52.5. The zero-order valence-corrected chi connectivity index (χ0v) is 19.6. The fraction of sp³-hybridized carbons (Fsp3) is 0.360. The first-order valence-corrected chi connectivity index (χ1v) is 11.6. The van der Waals surface area contributed by atoms with Gasteiger partial charge in [0, 0.05) is 24.2 Å². The number of hydrogen-bond donors (Lipinski definition) is 1. The summed E-state index contributed by atoms with van der Waals surface area (Å²) in [7, 11) is 11.7. The molecule has 0 aromatic heterocycles. The number of hydrogen-bond acceptors (Lipinski definition) is 6. The van der Waals surface area contributed by atoms with Gasteiger partial charge >= 0.3 is 0 Å². The van der Waals surface area contributed by atoms with E-state index in [1.165, 1.54) is 4.90 Å². The first-order valence-electron chi connectivity index (χ1n) is 11.6. The number of rotatable bonds is 6. The molecule has 9 nitrogen and oxygen atoms in total. The van der Waals surface area contributed by atoms with E-state index < -0.39 is 23.1 Å². The molecule has 5 rings (SSSR count). The number of amides is 4. The molecule has 2 fully saturated rings. The van der Waals surface area contributed by atoms with Crippen LogP contribution in [0, 0.1) is 0 Å². The largest absolute Gasteiger partial charge is 0.489 e. The van der Waals surface area contributed by atoms with Gasteiger partial charge in [-0.15, -0.1) is 0 Å². The van der Waals surface area contributed by atoms with Gasteiger partial charge in [0.2, 0.25) is 17.7 Å². The van der Waals surface area contributed by atoms with E-state index in [0.29, 0.717) is 36.6 Å². The fourth-order valence-electron chi connectivity index (χ4n) is 4.62. The number of carbonyl (C=O) groups excluding carboxylic acids is 4. The van der Waals surface area contributed by atoms with Gasteiger partial charge in [-0.3, -0.25) is 24.5 Å². The molecule has 1 N–H and O–H groups in total. The van der Waals surface area contributed by atoms with Crippen LogP contribution in [0.2, 0.25) is 5.21 Å². The number of morpholine rings is 1. The Morgan fingerprint density at radius 2 is 1.81 bits per heavy atom. The highest BCUT2D eigenvalue weighted by Gasteiger charge is 2.46. The van der Waals surface area contributed by atoms with Gasteiger partial charge in [-0.1, -0.05) is 30.3 Å². The number of nitrogens with zero attached hydrogens (tertiary/aromatic N) is 2. The second kappa shape index (κ2) is 9.46. The number of fused-ring (bicyclic) bond motifs is 1. The van der Waals surface area contributed by atoms with Gasteiger partial charge in [-0.05, 0) is 34.9 Å². The van der Waals surface area contributed by atoms with Crippen molar-refractivity contribution in [2.45, 2.75) is 37.4 Å². The maximum Gasteiger partial charge on any atom is 0.255 e. The monoisotopic (exact) mass is 483 g/mol. The summed E-state index contributed by atoms with van der Waals surface area (Å²) < 4.78 is 11.2. The molecule has 3 aliphatic heterocycles. The quantitative estimate of drug-likeness (QED) is 0.473. The van der Waals surface area contributed by atoms with E-state index >= 15 is 0 Å². The Morgan fingerprint density at radius 1 is 1.06 bits per heavy atom. The smallest absolute Gasteiger partial charge is 0.255 e. The lowest BCUT2D eigenvalue weighted by Gasteiger charge is -2.38. The Kier molecular flexibility index (Phi) is 6.34. The maximum atomic E-state index is 13.1. The highest BCUT2D eigenvalue weighted by Crippen LogP contribution is 2.37. The van der Waals surface area contributed by atoms with Crippen LogP contribution in [-0.2, 0) is 38.8 Å². The SMILES string of the molecule is [B]C1([B])CC(N2Cc3c(OCc4ccc(CN5CCOCC5=O)cc4)cccc3C2=O)C(=O)NC1=O. The number of imide groups is 1. The van der Waals surface area contributed by atoms with E-state index in [1.807, 2.05) is 24.3 Å². The Labute approximate surface area is 210 Å². The average Bonchev–Trinajstić information content (AvgIpc) is 3.19. The highest BCUT2D eigenvalue weighted by atomic mass is 16.5. The first kappa shape index (κ1) is 24.1. The Bertz CT molecular complexity index is 1230. The third-order valence-corrected chi connectivity index (χ3v) is 6.70. The van der Waals surface area contributed by atoms with Crippen LogP contribution in [-0.4, -0.2) is 74.9 Å². The summed E-state index contributed by atoms with van der Waals surface area (Å²) in [5.74, 6) is -1.20. The fourth-order valence-corrected chi connectivity index (χ4v) is 4.62. The van der Waals surface area contributed by atoms with Gasteiger partial charge in [0.05, 0.1) is 28.8 Å². The maximum absolute atomic E-state index is 13.1. The molecule has 0 aliphatic carbocycles. The van der Waals surface area contributed by atoms with E-state index in [4.69, 9.17) is 25.2 Å². The van der Waals surface area contributed by atoms with Crippen molar-refractivity contribution in [3.63, 3.8) is 0 Å². The molecule has 1 unspecified atom stereocenters. The van der Waals surface area contributed by atoms with Gasteiger partial charge < -0.3 is 19.3 Å². The van der Waals surface area contributed by atoms with Crippen molar-refractivity contribution < 1.29 is 28.7 Å². The number of ether oxygens (including phenoxy) is 2. The lowest BCUT2D eigenvalue weighted by Crippen LogP contribution is -2.58. The molecule has 0 saturated carbocycles. The van der Waals surface area contributed by atoms with Crippen molar-refractivity contribution in [2.24, 2.45) is 0 Å². The van der Waals surface area contributed by atoms with E-state index in [0.717, 1.165) is 11.1 Å². The molecule has 1 atom stereocenters. The molecule has 11 heteroatoms. The van der Waals surface area contributed by atoms with Crippen molar-refractivity contribution in [3.8, 4) is 5.75 Å². The minimum absolute atomic E-state index is 0.0175. The van der Waals surface area contributed by atoms with Crippen LogP contribution in [0.3, 0.4) is 0 Å². The van der Waals surface area contributed by atoms with Gasteiger partial charge in [0.15, 0.2) is 0 Å². The lowest BCUT2D eigenvalue weighted by atomic mass is 9.50. The van der Waals surface area contributed by atoms with Crippen molar-refractivity contribution in [1.82, 2.24) is 15.1 Å². The lowest BCUT2D eigenvalue weighted by molar-refractivity contribution is -0.143. The van der Waals surface area contributed by atoms with Crippen molar-refractivity contribution in [2.75, 3.05) is 19.8 Å². The van der Waals surface area contributed by atoms with Gasteiger partial charge in [-0.2, -0.15) is 0 Å². The summed E-state index contributed by atoms with van der Waals surface area (Å²) in [5, 5.41) is 0.415. The van der Waals surface area contributed by atoms with E-state index in [2.05, 4.69) is 5.32 Å². The van der Waals surface area contributed by atoms with Crippen molar-refractivity contribution >= 4 is 39.3 Å². The molecule has 2 aromatic rings. The molecule has 2 aromatic carbocycles. The normalized spacial score (nSPS) is 21.4. The molecular formula is C25H23B2N3O6. The minimum atomic E-state index is -1.74. The summed E-state index contributed by atoms with van der Waals surface area (Å²) >= 11 is 0. The molecular weight excluding hydrogens is 460 g/mol. The van der Waals surface area contributed by atoms with Crippen LogP contribution in [0.15, 0.2) is 42.5 Å². The molecule has 4 amide bonds. The second-order valence-electron chi connectivity index (χ2n) is 9.27. The number of benzene rings is 2. The molecule has 0 spiro atoms. The Hall–Kier alpha value is -3.59. The molecule has 3 aliphatic rings. The van der Waals surface area contributed by atoms with E-state index in [-0.39, 0.29) is 38.0 Å². The Balaban J connectivity index is 1.25. The number of piperidine rings is 1. The number of carbonyl (C=O) groups is 4. The molecule has 2 saturated heterocycles. The number of nitrogens with one attached hydrogen (secondary N) is 1. The molecule has 3 heterocycles. The summed E-state index contributed by atoms with van der Waals surface area (Å²) in [6, 6.07) is 12.0. The third-order valence-electron chi connectivity index (χ3n) is 6.70. The minimum Gasteiger partial charge on any atom is -0.489 e. The van der Waals surface area contributed by atoms with E-state index in [9.17, 15) is 19.2 Å². The van der Waals surface area contributed by atoms with Crippen molar-refractivity contribution in [3.05, 3.63) is 64.7 Å². The van der Waals surface area contributed by atoms with E-state index in [1.54, 1.807) is 23.1 Å². The van der Waals surface area contributed by atoms with Crippen LogP contribution in [0.5, 0.6) is 5.75 Å². The van der Waals surface area contributed by atoms with Gasteiger partial charge in [0.25, 0.3) is 5.91 Å². The van der Waals surface area contributed by atoms with Crippen LogP contribution >= 0.6 is 0 Å². The Morgan fingerprint density at radius 3 is 2.56 bits per heavy atom. The highest BCUT2D eigenvalue weighted by molar-refractivity contribution is 6.52. The molecule has 4 radical (unpaired) electrons. The van der Waals surface area contributed by atoms with Crippen molar-refractivity contribution in [1.29, 1.82) is 0 Å². The summed E-state index contributed by atoms with van der Waals surface area (Å²) in [6.45, 7) is 2.18. The topological polar surface area (TPSA) is 105 Å². The van der Waals surface area contributed by atoms with Crippen LogP contribution in [0.1, 0.15) is 33.5 Å². The average molecular weight is 483 g/mol. The summed E-state index contributed by atoms with van der Waals surface area (Å²) in [5.41, 5.74) is 3.03. The van der Waals surface area contributed by atoms with Gasteiger partial charge in [-0.25, -0.2) is 0 Å². The molecule has 0 bridgehead atoms. The molecule has 180 valence electrons. The summed E-state index contributed by atoms with van der Waals surface area (Å²) in [6.07, 6.45) is -0.171. The second-order valence-corrected chi connectivity index (χ2v) is 9.27. The zero-order chi connectivity index (χ0) is 25.4. The standard InChI is InChI=1S/C25H23B2N3O6/c26-25(27)10-19(22(32)28-24(25)34)30-12-18-17(23(30)33)2-1-3-20(18)36-13-16-6-4-15(5-7-16)11-29-8-9-35-14-21(29)31/h1-7,19H,8-14H2,(H,28,32,34). The first-order chi connectivity index (χ1) is 17.2. The van der Waals surface area contributed by atoms with Crippen LogP contribution < -0.4 is 10.1 Å². The van der Waals surface area contributed by atoms with Crippen LogP contribution in [0.25, 0.3) is 0 Å². The predicted molar refractivity (Wildman–Crippen MR) is 129 cm³/mol. The third kappa shape index (κ3) is 4.63. The predicted octanol–water partition coefficient (Wildman–Crippen LogP) is 0.448. The molecule has 36 heavy (non-hydrogen) atoms.